The Kier molecular flexibility index (Phi) is 7.98. The van der Waals surface area contributed by atoms with Crippen molar-refractivity contribution in [3.63, 3.8) is 0 Å². The fraction of sp³-hybridized carbons (Fsp3) is 0.500. The lowest BCUT2D eigenvalue weighted by Gasteiger charge is -2.32. The molecule has 0 bridgehead atoms. The monoisotopic (exact) mass is 342 g/mol. The molecule has 1 aromatic rings. The molecule has 1 amide bonds. The first kappa shape index (κ1) is 20.2. The van der Waals surface area contributed by atoms with Gasteiger partial charge in [-0.1, -0.05) is 32.6 Å². The minimum absolute atomic E-state index is 0.148. The van der Waals surface area contributed by atoms with Gasteiger partial charge in [-0.2, -0.15) is 13.2 Å². The van der Waals surface area contributed by atoms with Crippen molar-refractivity contribution in [3.05, 3.63) is 48.0 Å². The van der Waals surface area contributed by atoms with E-state index in [0.717, 1.165) is 43.6 Å². The van der Waals surface area contributed by atoms with Crippen LogP contribution in [0.3, 0.4) is 0 Å². The largest absolute Gasteiger partial charge is 0.416 e. The molecule has 1 saturated heterocycles. The number of likely N-dealkylation sites (tertiary alicyclic amines) is 1. The lowest BCUT2D eigenvalue weighted by Crippen LogP contribution is -2.43. The second-order valence-electron chi connectivity index (χ2n) is 5.46. The molecule has 1 aliphatic rings. The number of rotatable bonds is 4. The second-order valence-corrected chi connectivity index (χ2v) is 5.46. The molecular weight excluding hydrogens is 317 g/mol. The normalized spacial score (nSPS) is 16.0. The van der Waals surface area contributed by atoms with Gasteiger partial charge in [-0.3, -0.25) is 9.69 Å². The molecule has 2 rings (SSSR count). The SMILES string of the molecule is C=CC(=O)NC1CCN(Cc2ccc(C(F)(F)F)cc2)CC1.CC. The highest BCUT2D eigenvalue weighted by atomic mass is 19.4. The van der Waals surface area contributed by atoms with Gasteiger partial charge in [0, 0.05) is 25.7 Å². The van der Waals surface area contributed by atoms with Crippen LogP contribution in [0.15, 0.2) is 36.9 Å². The Labute approximate surface area is 141 Å². The number of nitrogens with zero attached hydrogens (tertiary/aromatic N) is 1. The van der Waals surface area contributed by atoms with Gasteiger partial charge in [-0.25, -0.2) is 0 Å². The Morgan fingerprint density at radius 1 is 1.25 bits per heavy atom. The Balaban J connectivity index is 0.00000139. The van der Waals surface area contributed by atoms with Crippen molar-refractivity contribution in [2.24, 2.45) is 0 Å². The third kappa shape index (κ3) is 6.35. The van der Waals surface area contributed by atoms with Crippen molar-refractivity contribution in [2.75, 3.05) is 13.1 Å². The first-order valence-corrected chi connectivity index (χ1v) is 8.20. The summed E-state index contributed by atoms with van der Waals surface area (Å²) in [6.07, 6.45) is -1.37. The predicted molar refractivity (Wildman–Crippen MR) is 89.4 cm³/mol. The van der Waals surface area contributed by atoms with E-state index in [1.165, 1.54) is 18.2 Å². The van der Waals surface area contributed by atoms with E-state index < -0.39 is 11.7 Å². The minimum atomic E-state index is -4.29. The molecule has 0 radical (unpaired) electrons. The molecule has 1 aliphatic heterocycles. The minimum Gasteiger partial charge on any atom is -0.350 e. The number of halogens is 3. The van der Waals surface area contributed by atoms with Crippen molar-refractivity contribution in [3.8, 4) is 0 Å². The van der Waals surface area contributed by atoms with Crippen LogP contribution in [-0.2, 0) is 17.5 Å². The zero-order valence-electron chi connectivity index (χ0n) is 14.2. The summed E-state index contributed by atoms with van der Waals surface area (Å²) in [5.74, 6) is -0.166. The summed E-state index contributed by atoms with van der Waals surface area (Å²) >= 11 is 0. The molecule has 1 fully saturated rings. The first-order chi connectivity index (χ1) is 11.4. The smallest absolute Gasteiger partial charge is 0.350 e. The summed E-state index contributed by atoms with van der Waals surface area (Å²) in [6.45, 7) is 9.66. The van der Waals surface area contributed by atoms with Gasteiger partial charge < -0.3 is 5.32 Å². The lowest BCUT2D eigenvalue weighted by atomic mass is 10.0. The molecule has 1 N–H and O–H groups in total. The number of carbonyl (C=O) groups is 1. The maximum atomic E-state index is 12.5. The number of benzene rings is 1. The number of amides is 1. The summed E-state index contributed by atoms with van der Waals surface area (Å²) in [6, 6.07) is 5.43. The van der Waals surface area contributed by atoms with Crippen molar-refractivity contribution in [1.29, 1.82) is 0 Å². The van der Waals surface area contributed by atoms with Crippen LogP contribution < -0.4 is 5.32 Å². The average Bonchev–Trinajstić information content (AvgIpc) is 2.58. The summed E-state index contributed by atoms with van der Waals surface area (Å²) in [5.41, 5.74) is 0.240. The molecule has 3 nitrogen and oxygen atoms in total. The predicted octanol–water partition coefficient (Wildman–Crippen LogP) is 4.00. The Morgan fingerprint density at radius 3 is 2.25 bits per heavy atom. The summed E-state index contributed by atoms with van der Waals surface area (Å²) in [7, 11) is 0. The Morgan fingerprint density at radius 2 is 1.79 bits per heavy atom. The summed E-state index contributed by atoms with van der Waals surface area (Å²) < 4.78 is 37.5. The highest BCUT2D eigenvalue weighted by Gasteiger charge is 2.30. The van der Waals surface area contributed by atoms with Gasteiger partial charge in [0.1, 0.15) is 0 Å². The third-order valence-corrected chi connectivity index (χ3v) is 3.81. The topological polar surface area (TPSA) is 32.3 Å². The third-order valence-electron chi connectivity index (χ3n) is 3.81. The molecule has 0 aliphatic carbocycles. The van der Waals surface area contributed by atoms with Crippen molar-refractivity contribution >= 4 is 5.91 Å². The molecule has 24 heavy (non-hydrogen) atoms. The molecule has 0 atom stereocenters. The van der Waals surface area contributed by atoms with Crippen LogP contribution in [0.5, 0.6) is 0 Å². The van der Waals surface area contributed by atoms with E-state index in [4.69, 9.17) is 0 Å². The van der Waals surface area contributed by atoms with Crippen LogP contribution in [0, 0.1) is 0 Å². The number of hydrogen-bond acceptors (Lipinski definition) is 2. The first-order valence-electron chi connectivity index (χ1n) is 8.20. The molecule has 6 heteroatoms. The summed E-state index contributed by atoms with van der Waals surface area (Å²) in [5, 5.41) is 2.87. The van der Waals surface area contributed by atoms with Gasteiger partial charge >= 0.3 is 6.18 Å². The highest BCUT2D eigenvalue weighted by molar-refractivity contribution is 5.87. The van der Waals surface area contributed by atoms with E-state index >= 15 is 0 Å². The zero-order chi connectivity index (χ0) is 18.2. The van der Waals surface area contributed by atoms with Gasteiger partial charge in [0.25, 0.3) is 0 Å². The quantitative estimate of drug-likeness (QED) is 0.839. The molecule has 0 spiro atoms. The molecule has 0 unspecified atom stereocenters. The number of alkyl halides is 3. The maximum absolute atomic E-state index is 12.5. The van der Waals surface area contributed by atoms with E-state index in [0.29, 0.717) is 6.54 Å². The fourth-order valence-corrected chi connectivity index (χ4v) is 2.55. The van der Waals surface area contributed by atoms with Crippen LogP contribution >= 0.6 is 0 Å². The van der Waals surface area contributed by atoms with Crippen LogP contribution in [0.2, 0.25) is 0 Å². The van der Waals surface area contributed by atoms with Crippen LogP contribution in [-0.4, -0.2) is 29.9 Å². The van der Waals surface area contributed by atoms with E-state index in [1.54, 1.807) is 0 Å². The van der Waals surface area contributed by atoms with Crippen molar-refractivity contribution in [1.82, 2.24) is 10.2 Å². The summed E-state index contributed by atoms with van der Waals surface area (Å²) in [4.78, 5) is 13.4. The fourth-order valence-electron chi connectivity index (χ4n) is 2.55. The van der Waals surface area contributed by atoms with Gasteiger partial charge in [-0.05, 0) is 36.6 Å². The van der Waals surface area contributed by atoms with E-state index in [1.807, 2.05) is 13.8 Å². The van der Waals surface area contributed by atoms with Crippen molar-refractivity contribution in [2.45, 2.75) is 45.5 Å². The number of nitrogens with one attached hydrogen (secondary N) is 1. The van der Waals surface area contributed by atoms with E-state index in [-0.39, 0.29) is 11.9 Å². The van der Waals surface area contributed by atoms with Crippen LogP contribution in [0.25, 0.3) is 0 Å². The standard InChI is InChI=1S/C16H19F3N2O.C2H6/c1-2-15(22)20-14-7-9-21(10-8-14)11-12-3-5-13(6-4-12)16(17,18)19;1-2/h2-6,14H,1,7-11H2,(H,20,22);1-2H3. The number of hydrogen-bond donors (Lipinski definition) is 1. The molecular formula is C18H25F3N2O. The molecule has 134 valence electrons. The molecule has 1 heterocycles. The van der Waals surface area contributed by atoms with Crippen LogP contribution in [0.1, 0.15) is 37.8 Å². The number of piperidine rings is 1. The zero-order valence-corrected chi connectivity index (χ0v) is 14.2. The lowest BCUT2D eigenvalue weighted by molar-refractivity contribution is -0.137. The average molecular weight is 342 g/mol. The highest BCUT2D eigenvalue weighted by Crippen LogP contribution is 2.29. The molecule has 0 saturated carbocycles. The molecule has 0 aromatic heterocycles. The van der Waals surface area contributed by atoms with Gasteiger partial charge in [0.15, 0.2) is 0 Å². The Bertz CT molecular complexity index is 518. The van der Waals surface area contributed by atoms with Crippen molar-refractivity contribution < 1.29 is 18.0 Å². The molecule has 1 aromatic carbocycles. The Hall–Kier alpha value is -1.82. The van der Waals surface area contributed by atoms with E-state index in [9.17, 15) is 18.0 Å². The van der Waals surface area contributed by atoms with Gasteiger partial charge in [0.05, 0.1) is 5.56 Å². The second kappa shape index (κ2) is 9.47. The van der Waals surface area contributed by atoms with Gasteiger partial charge in [0.2, 0.25) is 5.91 Å². The maximum Gasteiger partial charge on any atom is 0.416 e. The van der Waals surface area contributed by atoms with Crippen LogP contribution in [0.4, 0.5) is 13.2 Å². The van der Waals surface area contributed by atoms with Gasteiger partial charge in [-0.15, -0.1) is 0 Å². The number of carbonyl (C=O) groups excluding carboxylic acids is 1. The van der Waals surface area contributed by atoms with E-state index in [2.05, 4.69) is 16.8 Å².